The van der Waals surface area contributed by atoms with Crippen LogP contribution in [0.3, 0.4) is 0 Å². The van der Waals surface area contributed by atoms with Gasteiger partial charge in [-0.15, -0.1) is 0 Å². The molecule has 4 heteroatoms. The van der Waals surface area contributed by atoms with Crippen LogP contribution in [0.5, 0.6) is 0 Å². The lowest BCUT2D eigenvalue weighted by Gasteiger charge is -2.17. The topological polar surface area (TPSA) is 69.6 Å². The van der Waals surface area contributed by atoms with Gasteiger partial charge in [-0.2, -0.15) is 0 Å². The zero-order valence-corrected chi connectivity index (χ0v) is 11.6. The van der Waals surface area contributed by atoms with Crippen molar-refractivity contribution < 1.29 is 15.0 Å². The second-order valence-electron chi connectivity index (χ2n) is 4.95. The number of carbonyl (C=O) groups is 1. The summed E-state index contributed by atoms with van der Waals surface area (Å²) in [5, 5.41) is 20.9. The maximum atomic E-state index is 10.9. The van der Waals surface area contributed by atoms with E-state index >= 15 is 0 Å². The van der Waals surface area contributed by atoms with Crippen molar-refractivity contribution in [3.63, 3.8) is 0 Å². The molecule has 1 unspecified atom stereocenters. The lowest BCUT2D eigenvalue weighted by molar-refractivity contribution is -0.137. The van der Waals surface area contributed by atoms with Crippen LogP contribution in [0.1, 0.15) is 29.5 Å². The fraction of sp³-hybridized carbons (Fsp3) is 0.533. The zero-order chi connectivity index (χ0) is 14.3. The van der Waals surface area contributed by atoms with Gasteiger partial charge in [0.15, 0.2) is 0 Å². The van der Waals surface area contributed by atoms with E-state index in [-0.39, 0.29) is 19.1 Å². The molecule has 0 amide bonds. The van der Waals surface area contributed by atoms with E-state index < -0.39 is 5.97 Å². The molecule has 0 saturated heterocycles. The second-order valence-corrected chi connectivity index (χ2v) is 4.95. The minimum absolute atomic E-state index is 0.0915. The van der Waals surface area contributed by atoms with Crippen LogP contribution in [0.2, 0.25) is 0 Å². The molecule has 0 spiro atoms. The summed E-state index contributed by atoms with van der Waals surface area (Å²) in [5.41, 5.74) is 3.61. The molecular formula is C15H23NO3. The van der Waals surface area contributed by atoms with E-state index in [2.05, 4.69) is 31.3 Å². The number of benzene rings is 1. The van der Waals surface area contributed by atoms with E-state index in [4.69, 9.17) is 10.2 Å². The zero-order valence-electron chi connectivity index (χ0n) is 11.6. The quantitative estimate of drug-likeness (QED) is 0.625. The van der Waals surface area contributed by atoms with Crippen LogP contribution < -0.4 is 5.32 Å². The molecule has 0 aliphatic rings. The Morgan fingerprint density at radius 3 is 2.63 bits per heavy atom. The summed E-state index contributed by atoms with van der Waals surface area (Å²) in [6, 6.07) is 6.13. The number of nitrogens with one attached hydrogen (secondary N) is 1. The van der Waals surface area contributed by atoms with Crippen LogP contribution in [0.15, 0.2) is 18.2 Å². The first-order valence-corrected chi connectivity index (χ1v) is 6.65. The molecule has 0 aliphatic heterocycles. The lowest BCUT2D eigenvalue weighted by atomic mass is 9.99. The van der Waals surface area contributed by atoms with Gasteiger partial charge in [0.2, 0.25) is 0 Å². The molecule has 19 heavy (non-hydrogen) atoms. The largest absolute Gasteiger partial charge is 0.481 e. The molecule has 1 aromatic carbocycles. The highest BCUT2D eigenvalue weighted by Crippen LogP contribution is 2.12. The Labute approximate surface area is 114 Å². The van der Waals surface area contributed by atoms with Crippen LogP contribution in [-0.2, 0) is 11.2 Å². The smallest absolute Gasteiger partial charge is 0.304 e. The Balaban J connectivity index is 2.63. The summed E-state index contributed by atoms with van der Waals surface area (Å²) >= 11 is 0. The third-order valence-corrected chi connectivity index (χ3v) is 3.24. The lowest BCUT2D eigenvalue weighted by Crippen LogP contribution is -2.34. The second kappa shape index (κ2) is 7.92. The highest BCUT2D eigenvalue weighted by atomic mass is 16.4. The van der Waals surface area contributed by atoms with Crippen molar-refractivity contribution in [1.29, 1.82) is 0 Å². The van der Waals surface area contributed by atoms with Crippen molar-refractivity contribution in [2.75, 3.05) is 13.2 Å². The van der Waals surface area contributed by atoms with E-state index in [0.717, 1.165) is 5.56 Å². The molecule has 1 rings (SSSR count). The molecule has 0 saturated carbocycles. The number of hydrogen-bond donors (Lipinski definition) is 3. The van der Waals surface area contributed by atoms with Gasteiger partial charge >= 0.3 is 5.97 Å². The normalized spacial score (nSPS) is 12.4. The average Bonchev–Trinajstić information content (AvgIpc) is 2.33. The summed E-state index contributed by atoms with van der Waals surface area (Å²) in [6.07, 6.45) is 1.43. The minimum Gasteiger partial charge on any atom is -0.481 e. The van der Waals surface area contributed by atoms with Gasteiger partial charge in [-0.25, -0.2) is 0 Å². The molecule has 0 aliphatic carbocycles. The van der Waals surface area contributed by atoms with Crippen molar-refractivity contribution in [3.8, 4) is 0 Å². The Kier molecular flexibility index (Phi) is 6.53. The van der Waals surface area contributed by atoms with Crippen LogP contribution >= 0.6 is 0 Å². The van der Waals surface area contributed by atoms with Crippen molar-refractivity contribution in [2.24, 2.45) is 0 Å². The summed E-state index contributed by atoms with van der Waals surface area (Å²) in [4.78, 5) is 10.9. The molecule has 0 heterocycles. The molecule has 3 N–H and O–H groups in total. The Morgan fingerprint density at radius 2 is 2.05 bits per heavy atom. The van der Waals surface area contributed by atoms with E-state index in [0.29, 0.717) is 19.4 Å². The van der Waals surface area contributed by atoms with Gasteiger partial charge in [0.1, 0.15) is 0 Å². The van der Waals surface area contributed by atoms with Gasteiger partial charge in [-0.3, -0.25) is 4.79 Å². The number of aryl methyl sites for hydroxylation is 2. The molecule has 1 atom stereocenters. The van der Waals surface area contributed by atoms with Gasteiger partial charge < -0.3 is 15.5 Å². The molecular weight excluding hydrogens is 242 g/mol. The van der Waals surface area contributed by atoms with Gasteiger partial charge in [0.05, 0.1) is 6.42 Å². The molecule has 1 aromatic rings. The van der Waals surface area contributed by atoms with Crippen LogP contribution in [0.4, 0.5) is 0 Å². The van der Waals surface area contributed by atoms with Gasteiger partial charge in [-0.05, 0) is 49.9 Å². The van der Waals surface area contributed by atoms with E-state index in [9.17, 15) is 4.79 Å². The van der Waals surface area contributed by atoms with Crippen LogP contribution in [0, 0.1) is 13.8 Å². The van der Waals surface area contributed by atoms with Crippen molar-refractivity contribution in [3.05, 3.63) is 34.9 Å². The monoisotopic (exact) mass is 265 g/mol. The number of rotatable bonds is 8. The summed E-state index contributed by atoms with van der Waals surface area (Å²) in [5.74, 6) is -0.801. The van der Waals surface area contributed by atoms with Gasteiger partial charge in [-0.1, -0.05) is 18.2 Å². The highest BCUT2D eigenvalue weighted by Gasteiger charge is 2.13. The Bertz CT molecular complexity index is 418. The standard InChI is InChI=1S/C15H23NO3/c1-11-4-5-13(8-12(11)2)9-14(10-15(18)19)16-6-3-7-17/h4-5,8,14,16-17H,3,6-7,9-10H2,1-2H3,(H,18,19). The first-order valence-electron chi connectivity index (χ1n) is 6.65. The molecule has 0 fully saturated rings. The maximum absolute atomic E-state index is 10.9. The number of aliphatic hydroxyl groups excluding tert-OH is 1. The molecule has 4 nitrogen and oxygen atoms in total. The molecule has 0 aromatic heterocycles. The fourth-order valence-electron chi connectivity index (χ4n) is 2.03. The van der Waals surface area contributed by atoms with Gasteiger partial charge in [0, 0.05) is 12.6 Å². The summed E-state index contributed by atoms with van der Waals surface area (Å²) in [7, 11) is 0. The van der Waals surface area contributed by atoms with Crippen LogP contribution in [0.25, 0.3) is 0 Å². The summed E-state index contributed by atoms with van der Waals surface area (Å²) < 4.78 is 0. The van der Waals surface area contributed by atoms with Gasteiger partial charge in [0.25, 0.3) is 0 Å². The minimum atomic E-state index is -0.801. The fourth-order valence-corrected chi connectivity index (χ4v) is 2.03. The first-order chi connectivity index (χ1) is 9.02. The van der Waals surface area contributed by atoms with Crippen molar-refractivity contribution >= 4 is 5.97 Å². The molecule has 0 bridgehead atoms. The highest BCUT2D eigenvalue weighted by molar-refractivity contribution is 5.67. The Hall–Kier alpha value is -1.39. The predicted octanol–water partition coefficient (Wildman–Crippen LogP) is 1.66. The summed E-state index contributed by atoms with van der Waals surface area (Å²) in [6.45, 7) is 4.88. The van der Waals surface area contributed by atoms with Crippen molar-refractivity contribution in [1.82, 2.24) is 5.32 Å². The number of hydrogen-bond acceptors (Lipinski definition) is 3. The first kappa shape index (κ1) is 15.7. The number of aliphatic hydroxyl groups is 1. The van der Waals surface area contributed by atoms with Crippen LogP contribution in [-0.4, -0.2) is 35.4 Å². The maximum Gasteiger partial charge on any atom is 0.304 e. The Morgan fingerprint density at radius 1 is 1.32 bits per heavy atom. The SMILES string of the molecule is Cc1ccc(CC(CC(=O)O)NCCCO)cc1C. The molecule has 106 valence electrons. The number of aliphatic carboxylic acids is 1. The third-order valence-electron chi connectivity index (χ3n) is 3.24. The third kappa shape index (κ3) is 5.85. The number of carboxylic acid groups (broad SMARTS) is 1. The van der Waals surface area contributed by atoms with Crippen molar-refractivity contribution in [2.45, 2.75) is 39.2 Å². The molecule has 0 radical (unpaired) electrons. The number of carboxylic acids is 1. The predicted molar refractivity (Wildman–Crippen MR) is 75.4 cm³/mol. The van der Waals surface area contributed by atoms with E-state index in [1.54, 1.807) is 0 Å². The van der Waals surface area contributed by atoms with E-state index in [1.807, 2.05) is 6.07 Å². The van der Waals surface area contributed by atoms with E-state index in [1.165, 1.54) is 11.1 Å². The average molecular weight is 265 g/mol.